The van der Waals surface area contributed by atoms with E-state index in [9.17, 15) is 18.0 Å². The third-order valence-electron chi connectivity index (χ3n) is 7.27. The fourth-order valence-corrected chi connectivity index (χ4v) is 5.40. The van der Waals surface area contributed by atoms with Gasteiger partial charge in [-0.05, 0) is 63.4 Å². The van der Waals surface area contributed by atoms with Gasteiger partial charge in [-0.3, -0.25) is 9.80 Å². The first-order valence-corrected chi connectivity index (χ1v) is 11.2. The Morgan fingerprint density at radius 2 is 1.82 bits per heavy atom. The summed E-state index contributed by atoms with van der Waals surface area (Å²) in [7, 11) is 4.14. The van der Waals surface area contributed by atoms with Gasteiger partial charge >= 0.3 is 12.4 Å². The molecule has 2 amide bonds. The van der Waals surface area contributed by atoms with Gasteiger partial charge in [0.25, 0.3) is 0 Å². The second kappa shape index (κ2) is 7.62. The minimum Gasteiger partial charge on any atom is -0.404 e. The number of amides is 2. The summed E-state index contributed by atoms with van der Waals surface area (Å²) in [6.07, 6.45) is 0.0680. The van der Waals surface area contributed by atoms with Gasteiger partial charge in [-0.2, -0.15) is 0 Å². The van der Waals surface area contributed by atoms with Crippen molar-refractivity contribution in [2.24, 2.45) is 5.92 Å². The van der Waals surface area contributed by atoms with Crippen LogP contribution in [0.25, 0.3) is 0 Å². The molecule has 33 heavy (non-hydrogen) atoms. The van der Waals surface area contributed by atoms with E-state index in [4.69, 9.17) is 0 Å². The van der Waals surface area contributed by atoms with Gasteiger partial charge in [0.15, 0.2) is 0 Å². The number of carbonyl (C=O) groups is 1. The third-order valence-corrected chi connectivity index (χ3v) is 7.27. The molecule has 176 valence electrons. The number of urea groups is 1. The first-order chi connectivity index (χ1) is 15.6. The molecule has 0 N–H and O–H groups in total. The Hall–Kier alpha value is -2.81. The molecule has 6 nitrogen and oxygen atoms in total. The van der Waals surface area contributed by atoms with Crippen LogP contribution in [0.2, 0.25) is 0 Å². The summed E-state index contributed by atoms with van der Waals surface area (Å²) in [6, 6.07) is 12.8. The minimum absolute atomic E-state index is 0.126. The van der Waals surface area contributed by atoms with Crippen LogP contribution in [0.3, 0.4) is 0 Å². The van der Waals surface area contributed by atoms with Crippen molar-refractivity contribution < 1.29 is 22.7 Å². The lowest BCUT2D eigenvalue weighted by Crippen LogP contribution is -2.67. The molecule has 1 spiro atoms. The number of aromatic nitrogens is 1. The molecule has 1 aromatic heterocycles. The normalized spacial score (nSPS) is 27.4. The van der Waals surface area contributed by atoms with Crippen molar-refractivity contribution in [1.29, 1.82) is 0 Å². The molecule has 5 rings (SSSR count). The monoisotopic (exact) mass is 460 g/mol. The Bertz CT molecular complexity index is 1020. The van der Waals surface area contributed by atoms with Gasteiger partial charge in [0.2, 0.25) is 0 Å². The Kier molecular flexibility index (Phi) is 5.08. The second-order valence-corrected chi connectivity index (χ2v) is 9.69. The van der Waals surface area contributed by atoms with Gasteiger partial charge in [-0.25, -0.2) is 9.78 Å². The van der Waals surface area contributed by atoms with Crippen LogP contribution in [0.5, 0.6) is 5.75 Å². The van der Waals surface area contributed by atoms with Crippen LogP contribution < -0.4 is 9.64 Å². The van der Waals surface area contributed by atoms with Gasteiger partial charge in [0.05, 0.1) is 23.8 Å². The van der Waals surface area contributed by atoms with Crippen LogP contribution in [0.15, 0.2) is 48.7 Å². The molecule has 3 fully saturated rings. The number of ether oxygens (including phenoxy) is 1. The summed E-state index contributed by atoms with van der Waals surface area (Å²) in [4.78, 5) is 23.4. The van der Waals surface area contributed by atoms with Crippen molar-refractivity contribution in [2.45, 2.75) is 43.1 Å². The molecule has 0 radical (unpaired) electrons. The number of pyridine rings is 1. The number of alkyl halides is 3. The summed E-state index contributed by atoms with van der Waals surface area (Å²) in [5.41, 5.74) is 0.726. The predicted octanol–water partition coefficient (Wildman–Crippen LogP) is 4.62. The highest BCUT2D eigenvalue weighted by atomic mass is 19.4. The third kappa shape index (κ3) is 3.92. The van der Waals surface area contributed by atoms with E-state index < -0.39 is 12.1 Å². The number of nitrogens with zero attached hydrogens (tertiary/aromatic N) is 4. The van der Waals surface area contributed by atoms with E-state index in [1.54, 1.807) is 4.90 Å². The average Bonchev–Trinajstić information content (AvgIpc) is 3.51. The molecule has 1 saturated heterocycles. The number of anilines is 1. The lowest BCUT2D eigenvalue weighted by atomic mass is 9.58. The first kappa shape index (κ1) is 22.0. The van der Waals surface area contributed by atoms with E-state index in [0.717, 1.165) is 31.9 Å². The zero-order valence-corrected chi connectivity index (χ0v) is 18.7. The summed E-state index contributed by atoms with van der Waals surface area (Å²) in [5.74, 6) is 0.462. The first-order valence-electron chi connectivity index (χ1n) is 11.2. The Labute approximate surface area is 190 Å². The van der Waals surface area contributed by atoms with Gasteiger partial charge in [-0.1, -0.05) is 30.3 Å². The molecule has 1 aromatic carbocycles. The highest BCUT2D eigenvalue weighted by Crippen LogP contribution is 2.57. The quantitative estimate of drug-likeness (QED) is 0.631. The molecule has 9 heteroatoms. The molecular weight excluding hydrogens is 433 g/mol. The van der Waals surface area contributed by atoms with Crippen LogP contribution in [-0.2, 0) is 5.54 Å². The Morgan fingerprint density at radius 3 is 2.36 bits per heavy atom. The molecule has 2 saturated carbocycles. The van der Waals surface area contributed by atoms with Crippen LogP contribution in [0.1, 0.15) is 31.2 Å². The zero-order valence-electron chi connectivity index (χ0n) is 18.7. The number of hydrogen-bond donors (Lipinski definition) is 0. The SMILES string of the molecule is CN(C)[C@]1(c2ccccc2)C[C@@]2(CN(c3ccc(OC(F)(F)F)cn3)C(=O)N2CC2CC2)C1. The summed E-state index contributed by atoms with van der Waals surface area (Å²) < 4.78 is 41.4. The van der Waals surface area contributed by atoms with E-state index in [0.29, 0.717) is 24.8 Å². The van der Waals surface area contributed by atoms with Crippen molar-refractivity contribution in [3.05, 3.63) is 54.2 Å². The van der Waals surface area contributed by atoms with Crippen molar-refractivity contribution in [2.75, 3.05) is 32.1 Å². The fourth-order valence-electron chi connectivity index (χ4n) is 5.40. The summed E-state index contributed by atoms with van der Waals surface area (Å²) >= 11 is 0. The van der Waals surface area contributed by atoms with Gasteiger partial charge in [0, 0.05) is 6.54 Å². The van der Waals surface area contributed by atoms with E-state index >= 15 is 0 Å². The lowest BCUT2D eigenvalue weighted by molar-refractivity contribution is -0.274. The molecular formula is C24H27F3N4O2. The average molecular weight is 461 g/mol. The number of halogens is 3. The topological polar surface area (TPSA) is 48.9 Å². The molecule has 0 unspecified atom stereocenters. The molecule has 0 bridgehead atoms. The molecule has 2 aromatic rings. The summed E-state index contributed by atoms with van der Waals surface area (Å²) in [6.45, 7) is 1.18. The maximum atomic E-state index is 13.5. The van der Waals surface area contributed by atoms with Gasteiger partial charge in [0.1, 0.15) is 11.6 Å². The Morgan fingerprint density at radius 1 is 1.12 bits per heavy atom. The van der Waals surface area contributed by atoms with Crippen molar-refractivity contribution in [1.82, 2.24) is 14.8 Å². The standard InChI is InChI=1S/C24H27F3N4O2/c1-29(2)23(18-6-4-3-5-7-18)14-22(15-23)16-30(21(32)31(22)13-17-8-9-17)20-11-10-19(12-28-20)33-24(25,26)27/h3-7,10-12,17H,8-9,13-16H2,1-2H3/t22-,23+. The molecule has 3 aliphatic rings. The van der Waals surface area contributed by atoms with Crippen molar-refractivity contribution in [3.63, 3.8) is 0 Å². The summed E-state index contributed by atoms with van der Waals surface area (Å²) in [5, 5.41) is 0. The van der Waals surface area contributed by atoms with Crippen LogP contribution in [-0.4, -0.2) is 59.9 Å². The van der Waals surface area contributed by atoms with Crippen LogP contribution >= 0.6 is 0 Å². The van der Waals surface area contributed by atoms with Gasteiger partial charge in [-0.15, -0.1) is 13.2 Å². The largest absolute Gasteiger partial charge is 0.573 e. The van der Waals surface area contributed by atoms with E-state index in [1.165, 1.54) is 17.7 Å². The number of carbonyl (C=O) groups excluding carboxylic acids is 1. The zero-order chi connectivity index (χ0) is 23.4. The van der Waals surface area contributed by atoms with E-state index in [2.05, 4.69) is 40.8 Å². The van der Waals surface area contributed by atoms with E-state index in [-0.39, 0.29) is 17.1 Å². The Balaban J connectivity index is 1.42. The molecule has 0 atom stereocenters. The van der Waals surface area contributed by atoms with Crippen molar-refractivity contribution >= 4 is 11.8 Å². The lowest BCUT2D eigenvalue weighted by Gasteiger charge is -2.60. The predicted molar refractivity (Wildman–Crippen MR) is 117 cm³/mol. The highest BCUT2D eigenvalue weighted by Gasteiger charge is 2.65. The number of rotatable bonds is 6. The number of benzene rings is 1. The van der Waals surface area contributed by atoms with Gasteiger partial charge < -0.3 is 9.64 Å². The number of hydrogen-bond acceptors (Lipinski definition) is 4. The van der Waals surface area contributed by atoms with Crippen molar-refractivity contribution in [3.8, 4) is 5.75 Å². The smallest absolute Gasteiger partial charge is 0.404 e. The van der Waals surface area contributed by atoms with E-state index in [1.807, 2.05) is 23.1 Å². The fraction of sp³-hybridized carbons (Fsp3) is 0.500. The maximum Gasteiger partial charge on any atom is 0.573 e. The van der Waals surface area contributed by atoms with Crippen LogP contribution in [0.4, 0.5) is 23.8 Å². The second-order valence-electron chi connectivity index (χ2n) is 9.69. The van der Waals surface area contributed by atoms with Crippen LogP contribution in [0, 0.1) is 5.92 Å². The molecule has 2 aliphatic carbocycles. The molecule has 2 heterocycles. The highest BCUT2D eigenvalue weighted by molar-refractivity contribution is 5.95. The molecule has 1 aliphatic heterocycles. The maximum absolute atomic E-state index is 13.5. The minimum atomic E-state index is -4.78.